The fraction of sp³-hybridized carbons (Fsp3) is 0.235. The second-order valence-electron chi connectivity index (χ2n) is 4.88. The summed E-state index contributed by atoms with van der Waals surface area (Å²) >= 11 is 0. The Labute approximate surface area is 132 Å². The second kappa shape index (κ2) is 8.45. The van der Waals surface area contributed by atoms with Crippen molar-refractivity contribution in [3.8, 4) is 11.1 Å². The molecule has 0 aliphatic carbocycles. The van der Waals surface area contributed by atoms with Crippen LogP contribution in [-0.2, 0) is 11.3 Å². The number of benzene rings is 2. The Morgan fingerprint density at radius 2 is 1.81 bits per heavy atom. The highest BCUT2D eigenvalue weighted by Crippen LogP contribution is 2.20. The molecule has 0 saturated heterocycles. The monoisotopic (exact) mass is 304 g/mol. The van der Waals surface area contributed by atoms with E-state index in [9.17, 15) is 4.79 Å². The molecule has 21 heavy (non-hydrogen) atoms. The summed E-state index contributed by atoms with van der Waals surface area (Å²) in [5.41, 5.74) is 10.0. The van der Waals surface area contributed by atoms with E-state index in [0.29, 0.717) is 19.5 Å². The van der Waals surface area contributed by atoms with E-state index in [1.807, 2.05) is 12.1 Å². The predicted octanol–water partition coefficient (Wildman–Crippen LogP) is 3.05. The molecule has 112 valence electrons. The number of carbonyl (C=O) groups is 1. The van der Waals surface area contributed by atoms with Gasteiger partial charge in [-0.25, -0.2) is 0 Å². The zero-order valence-electron chi connectivity index (χ0n) is 12.1. The van der Waals surface area contributed by atoms with Gasteiger partial charge in [-0.05, 0) is 29.7 Å². The summed E-state index contributed by atoms with van der Waals surface area (Å²) < 4.78 is 0. The number of halogens is 1. The van der Waals surface area contributed by atoms with Crippen LogP contribution < -0.4 is 11.1 Å². The first-order chi connectivity index (χ1) is 9.69. The Hall–Kier alpha value is -1.84. The number of nitrogens with one attached hydrogen (secondary N) is 1. The van der Waals surface area contributed by atoms with Gasteiger partial charge in [-0.2, -0.15) is 0 Å². The fourth-order valence-electron chi connectivity index (χ4n) is 2.03. The molecular formula is C17H21ClN2O. The maximum atomic E-state index is 11.4. The Morgan fingerprint density at radius 3 is 2.48 bits per heavy atom. The van der Waals surface area contributed by atoms with Crippen molar-refractivity contribution in [2.75, 3.05) is 6.54 Å². The zero-order valence-corrected chi connectivity index (χ0v) is 13.0. The molecule has 0 aliphatic rings. The van der Waals surface area contributed by atoms with Gasteiger partial charge in [0.2, 0.25) is 5.91 Å². The average Bonchev–Trinajstić information content (AvgIpc) is 2.47. The van der Waals surface area contributed by atoms with E-state index in [-0.39, 0.29) is 18.3 Å². The summed E-state index contributed by atoms with van der Waals surface area (Å²) in [6, 6.07) is 16.6. The second-order valence-corrected chi connectivity index (χ2v) is 4.88. The van der Waals surface area contributed by atoms with Crippen LogP contribution >= 0.6 is 12.4 Å². The van der Waals surface area contributed by atoms with Crippen LogP contribution in [0.3, 0.4) is 0 Å². The smallest absolute Gasteiger partial charge is 0.221 e. The zero-order chi connectivity index (χ0) is 14.4. The minimum atomic E-state index is -0.00626. The van der Waals surface area contributed by atoms with E-state index in [1.165, 1.54) is 11.1 Å². The van der Waals surface area contributed by atoms with Gasteiger partial charge in [0, 0.05) is 19.5 Å². The maximum absolute atomic E-state index is 11.4. The van der Waals surface area contributed by atoms with Crippen molar-refractivity contribution < 1.29 is 4.79 Å². The molecule has 2 aromatic rings. The first-order valence-corrected chi connectivity index (χ1v) is 6.82. The molecule has 0 spiro atoms. The Kier molecular flexibility index (Phi) is 6.92. The minimum absolute atomic E-state index is 0. The topological polar surface area (TPSA) is 55.1 Å². The van der Waals surface area contributed by atoms with Gasteiger partial charge in [0.1, 0.15) is 0 Å². The molecule has 2 rings (SSSR count). The molecule has 0 unspecified atom stereocenters. The Balaban J connectivity index is 0.00000220. The van der Waals surface area contributed by atoms with Crippen LogP contribution in [0, 0.1) is 6.92 Å². The van der Waals surface area contributed by atoms with Crippen LogP contribution in [0.4, 0.5) is 0 Å². The number of hydrogen-bond acceptors (Lipinski definition) is 2. The maximum Gasteiger partial charge on any atom is 0.221 e. The lowest BCUT2D eigenvalue weighted by Gasteiger charge is -2.07. The first-order valence-electron chi connectivity index (χ1n) is 6.82. The van der Waals surface area contributed by atoms with Crippen LogP contribution in [0.25, 0.3) is 11.1 Å². The largest absolute Gasteiger partial charge is 0.352 e. The molecule has 0 aromatic heterocycles. The fourth-order valence-corrected chi connectivity index (χ4v) is 2.03. The normalized spacial score (nSPS) is 9.81. The van der Waals surface area contributed by atoms with Gasteiger partial charge >= 0.3 is 0 Å². The summed E-state index contributed by atoms with van der Waals surface area (Å²) in [4.78, 5) is 11.4. The Bertz CT molecular complexity index is 582. The van der Waals surface area contributed by atoms with Gasteiger partial charge in [-0.1, -0.05) is 48.0 Å². The van der Waals surface area contributed by atoms with Crippen molar-refractivity contribution in [2.45, 2.75) is 19.9 Å². The molecule has 0 saturated carbocycles. The van der Waals surface area contributed by atoms with Gasteiger partial charge in [0.15, 0.2) is 0 Å². The highest BCUT2D eigenvalue weighted by atomic mass is 35.5. The lowest BCUT2D eigenvalue weighted by atomic mass is 10.0. The number of nitrogens with two attached hydrogens (primary N) is 1. The van der Waals surface area contributed by atoms with E-state index in [0.717, 1.165) is 11.1 Å². The van der Waals surface area contributed by atoms with Crippen LogP contribution in [0.2, 0.25) is 0 Å². The summed E-state index contributed by atoms with van der Waals surface area (Å²) in [6.45, 7) is 3.00. The average molecular weight is 305 g/mol. The lowest BCUT2D eigenvalue weighted by molar-refractivity contribution is -0.121. The third-order valence-corrected chi connectivity index (χ3v) is 3.17. The van der Waals surface area contributed by atoms with Gasteiger partial charge in [0.05, 0.1) is 0 Å². The third-order valence-electron chi connectivity index (χ3n) is 3.17. The van der Waals surface area contributed by atoms with Crippen LogP contribution in [0.5, 0.6) is 0 Å². The van der Waals surface area contributed by atoms with Crippen molar-refractivity contribution in [1.29, 1.82) is 0 Å². The number of aryl methyl sites for hydroxylation is 1. The van der Waals surface area contributed by atoms with E-state index < -0.39 is 0 Å². The predicted molar refractivity (Wildman–Crippen MR) is 89.4 cm³/mol. The highest BCUT2D eigenvalue weighted by molar-refractivity contribution is 5.85. The summed E-state index contributed by atoms with van der Waals surface area (Å²) in [7, 11) is 0. The third kappa shape index (κ3) is 5.21. The molecule has 3 nitrogen and oxygen atoms in total. The van der Waals surface area contributed by atoms with Crippen molar-refractivity contribution in [3.63, 3.8) is 0 Å². The van der Waals surface area contributed by atoms with Crippen molar-refractivity contribution in [1.82, 2.24) is 5.32 Å². The quantitative estimate of drug-likeness (QED) is 0.892. The molecule has 2 aromatic carbocycles. The van der Waals surface area contributed by atoms with Crippen molar-refractivity contribution >= 4 is 18.3 Å². The lowest BCUT2D eigenvalue weighted by Crippen LogP contribution is -2.24. The number of hydrogen-bond donors (Lipinski definition) is 2. The van der Waals surface area contributed by atoms with E-state index in [2.05, 4.69) is 48.6 Å². The molecule has 1 amide bonds. The molecule has 0 fully saturated rings. The Morgan fingerprint density at radius 1 is 1.10 bits per heavy atom. The van der Waals surface area contributed by atoms with Crippen molar-refractivity contribution in [2.24, 2.45) is 5.73 Å². The van der Waals surface area contributed by atoms with Gasteiger partial charge in [-0.15, -0.1) is 12.4 Å². The van der Waals surface area contributed by atoms with Gasteiger partial charge in [-0.3, -0.25) is 4.79 Å². The van der Waals surface area contributed by atoms with Crippen molar-refractivity contribution in [3.05, 3.63) is 59.7 Å². The molecule has 3 N–H and O–H groups in total. The highest BCUT2D eigenvalue weighted by Gasteiger charge is 2.02. The van der Waals surface area contributed by atoms with Crippen LogP contribution in [0.1, 0.15) is 17.5 Å². The molecule has 0 bridgehead atoms. The molecule has 0 radical (unpaired) electrons. The van der Waals surface area contributed by atoms with Gasteiger partial charge in [0.25, 0.3) is 0 Å². The molecule has 0 heterocycles. The standard InChI is InChI=1S/C17H20N2O.ClH/c1-13-5-7-15(8-6-13)16-4-2-3-14(11-16)12-19-17(20)9-10-18;/h2-8,11H,9-10,12,18H2,1H3,(H,19,20);1H. The molecule has 4 heteroatoms. The van der Waals surface area contributed by atoms with Gasteiger partial charge < -0.3 is 11.1 Å². The van der Waals surface area contributed by atoms with E-state index in [1.54, 1.807) is 0 Å². The molecule has 0 atom stereocenters. The van der Waals surface area contributed by atoms with E-state index in [4.69, 9.17) is 5.73 Å². The number of amides is 1. The summed E-state index contributed by atoms with van der Waals surface area (Å²) in [5.74, 6) is -0.00626. The summed E-state index contributed by atoms with van der Waals surface area (Å²) in [6.07, 6.45) is 0.373. The van der Waals surface area contributed by atoms with Crippen LogP contribution in [0.15, 0.2) is 48.5 Å². The molecular weight excluding hydrogens is 284 g/mol. The summed E-state index contributed by atoms with van der Waals surface area (Å²) in [5, 5.41) is 2.87. The van der Waals surface area contributed by atoms with Crippen LogP contribution in [-0.4, -0.2) is 12.5 Å². The first kappa shape index (κ1) is 17.2. The molecule has 0 aliphatic heterocycles. The SMILES string of the molecule is Cc1ccc(-c2cccc(CNC(=O)CCN)c2)cc1.Cl. The minimum Gasteiger partial charge on any atom is -0.352 e. The van der Waals surface area contributed by atoms with E-state index >= 15 is 0 Å². The number of rotatable bonds is 5. The number of carbonyl (C=O) groups excluding carboxylic acids is 1.